The highest BCUT2D eigenvalue weighted by atomic mass is 19.1. The standard InChI is InChI=1S/C14H19FO2/c1-10(2)11(3)17-9-13(16)8-12-6-4-5-7-14(12)15/h4-7,10-11H,8-9H2,1-3H3. The molecular formula is C14H19FO2. The predicted molar refractivity (Wildman–Crippen MR) is 65.4 cm³/mol. The SMILES string of the molecule is CC(C)C(C)OCC(=O)Cc1ccccc1F. The minimum atomic E-state index is -0.335. The maximum atomic E-state index is 13.3. The molecule has 17 heavy (non-hydrogen) atoms. The molecule has 1 unspecified atom stereocenters. The molecule has 0 saturated heterocycles. The number of carbonyl (C=O) groups excluding carboxylic acids is 1. The Morgan fingerprint density at radius 3 is 2.53 bits per heavy atom. The van der Waals surface area contributed by atoms with Crippen molar-refractivity contribution in [3.8, 4) is 0 Å². The average molecular weight is 238 g/mol. The summed E-state index contributed by atoms with van der Waals surface area (Å²) in [4.78, 5) is 11.6. The smallest absolute Gasteiger partial charge is 0.162 e. The van der Waals surface area contributed by atoms with Gasteiger partial charge in [0.05, 0.1) is 6.10 Å². The maximum absolute atomic E-state index is 13.3. The number of ketones is 1. The van der Waals surface area contributed by atoms with E-state index >= 15 is 0 Å². The van der Waals surface area contributed by atoms with Gasteiger partial charge in [0.2, 0.25) is 0 Å². The number of Topliss-reactive ketones (excluding diaryl/α,β-unsaturated/α-hetero) is 1. The third-order valence-corrected chi connectivity index (χ3v) is 2.79. The quantitative estimate of drug-likeness (QED) is 0.761. The molecule has 0 N–H and O–H groups in total. The molecule has 94 valence electrons. The van der Waals surface area contributed by atoms with Gasteiger partial charge in [-0.1, -0.05) is 32.0 Å². The minimum absolute atomic E-state index is 0.0413. The largest absolute Gasteiger partial charge is 0.370 e. The van der Waals surface area contributed by atoms with Crippen LogP contribution in [0.3, 0.4) is 0 Å². The first-order valence-corrected chi connectivity index (χ1v) is 5.87. The summed E-state index contributed by atoms with van der Waals surface area (Å²) < 4.78 is 18.7. The molecule has 0 aromatic heterocycles. The number of benzene rings is 1. The zero-order valence-electron chi connectivity index (χ0n) is 10.6. The van der Waals surface area contributed by atoms with Gasteiger partial charge in [-0.25, -0.2) is 4.39 Å². The fourth-order valence-electron chi connectivity index (χ4n) is 1.32. The number of ether oxygens (including phenoxy) is 1. The first-order chi connectivity index (χ1) is 8.00. The zero-order valence-corrected chi connectivity index (χ0v) is 10.6. The van der Waals surface area contributed by atoms with Crippen LogP contribution in [0.1, 0.15) is 26.3 Å². The van der Waals surface area contributed by atoms with Crippen molar-refractivity contribution < 1.29 is 13.9 Å². The fourth-order valence-corrected chi connectivity index (χ4v) is 1.32. The monoisotopic (exact) mass is 238 g/mol. The van der Waals surface area contributed by atoms with E-state index in [1.54, 1.807) is 18.2 Å². The molecule has 2 nitrogen and oxygen atoms in total. The lowest BCUT2D eigenvalue weighted by Gasteiger charge is -2.15. The van der Waals surface area contributed by atoms with Crippen LogP contribution in [0.5, 0.6) is 0 Å². The van der Waals surface area contributed by atoms with Crippen LogP contribution in [0.2, 0.25) is 0 Å². The first-order valence-electron chi connectivity index (χ1n) is 5.87. The van der Waals surface area contributed by atoms with Crippen molar-refractivity contribution >= 4 is 5.78 Å². The first kappa shape index (κ1) is 13.8. The van der Waals surface area contributed by atoms with Crippen LogP contribution in [0.15, 0.2) is 24.3 Å². The van der Waals surface area contributed by atoms with Crippen LogP contribution < -0.4 is 0 Å². The van der Waals surface area contributed by atoms with Gasteiger partial charge in [0.1, 0.15) is 12.4 Å². The zero-order chi connectivity index (χ0) is 12.8. The normalized spacial score (nSPS) is 12.8. The number of hydrogen-bond donors (Lipinski definition) is 0. The van der Waals surface area contributed by atoms with Crippen molar-refractivity contribution in [2.24, 2.45) is 5.92 Å². The second-order valence-corrected chi connectivity index (χ2v) is 4.57. The third kappa shape index (κ3) is 4.65. The molecule has 1 aromatic rings. The Hall–Kier alpha value is -1.22. The third-order valence-electron chi connectivity index (χ3n) is 2.79. The van der Waals surface area contributed by atoms with Crippen molar-refractivity contribution in [2.75, 3.05) is 6.61 Å². The van der Waals surface area contributed by atoms with Gasteiger partial charge in [-0.15, -0.1) is 0 Å². The van der Waals surface area contributed by atoms with E-state index in [0.29, 0.717) is 11.5 Å². The highest BCUT2D eigenvalue weighted by Gasteiger charge is 2.12. The number of hydrogen-bond acceptors (Lipinski definition) is 2. The van der Waals surface area contributed by atoms with E-state index in [1.807, 2.05) is 20.8 Å². The predicted octanol–water partition coefficient (Wildman–Crippen LogP) is 3.00. The molecule has 0 fully saturated rings. The van der Waals surface area contributed by atoms with Crippen molar-refractivity contribution in [3.05, 3.63) is 35.6 Å². The van der Waals surface area contributed by atoms with E-state index < -0.39 is 0 Å². The lowest BCUT2D eigenvalue weighted by Crippen LogP contribution is -2.21. The highest BCUT2D eigenvalue weighted by Crippen LogP contribution is 2.09. The van der Waals surface area contributed by atoms with Gasteiger partial charge in [0.25, 0.3) is 0 Å². The number of rotatable bonds is 6. The van der Waals surface area contributed by atoms with Crippen LogP contribution in [0.4, 0.5) is 4.39 Å². The van der Waals surface area contributed by atoms with Crippen LogP contribution >= 0.6 is 0 Å². The summed E-state index contributed by atoms with van der Waals surface area (Å²) in [6.45, 7) is 6.05. The molecule has 1 aromatic carbocycles. The number of halogens is 1. The molecule has 0 amide bonds. The summed E-state index contributed by atoms with van der Waals surface area (Å²) in [5, 5.41) is 0. The van der Waals surface area contributed by atoms with Crippen LogP contribution in [0.25, 0.3) is 0 Å². The van der Waals surface area contributed by atoms with E-state index in [9.17, 15) is 9.18 Å². The molecule has 0 spiro atoms. The Balaban J connectivity index is 2.43. The Morgan fingerprint density at radius 1 is 1.29 bits per heavy atom. The molecule has 1 atom stereocenters. The molecule has 3 heteroatoms. The Bertz CT molecular complexity index is 374. The maximum Gasteiger partial charge on any atom is 0.162 e. The van der Waals surface area contributed by atoms with Crippen molar-refractivity contribution in [1.29, 1.82) is 0 Å². The van der Waals surface area contributed by atoms with Gasteiger partial charge in [-0.05, 0) is 24.5 Å². The number of carbonyl (C=O) groups is 1. The van der Waals surface area contributed by atoms with Crippen LogP contribution in [0, 0.1) is 11.7 Å². The van der Waals surface area contributed by atoms with Crippen molar-refractivity contribution in [2.45, 2.75) is 33.3 Å². The van der Waals surface area contributed by atoms with Crippen LogP contribution in [-0.2, 0) is 16.0 Å². The summed E-state index contributed by atoms with van der Waals surface area (Å²) >= 11 is 0. The lowest BCUT2D eigenvalue weighted by atomic mass is 10.1. The van der Waals surface area contributed by atoms with E-state index in [4.69, 9.17) is 4.74 Å². The summed E-state index contributed by atoms with van der Waals surface area (Å²) in [5.74, 6) is -0.0587. The summed E-state index contributed by atoms with van der Waals surface area (Å²) in [7, 11) is 0. The highest BCUT2D eigenvalue weighted by molar-refractivity contribution is 5.82. The van der Waals surface area contributed by atoms with Crippen molar-refractivity contribution in [1.82, 2.24) is 0 Å². The van der Waals surface area contributed by atoms with Crippen molar-refractivity contribution in [3.63, 3.8) is 0 Å². The Morgan fingerprint density at radius 2 is 1.94 bits per heavy atom. The summed E-state index contributed by atoms with van der Waals surface area (Å²) in [6, 6.07) is 6.32. The Kier molecular flexibility index (Phi) is 5.29. The molecule has 0 aliphatic carbocycles. The molecule has 0 bridgehead atoms. The van der Waals surface area contributed by atoms with Gasteiger partial charge in [0.15, 0.2) is 5.78 Å². The molecular weight excluding hydrogens is 219 g/mol. The molecule has 1 rings (SSSR count). The molecule has 0 saturated carbocycles. The fraction of sp³-hybridized carbons (Fsp3) is 0.500. The van der Waals surface area contributed by atoms with E-state index in [2.05, 4.69) is 0 Å². The van der Waals surface area contributed by atoms with Gasteiger partial charge in [-0.2, -0.15) is 0 Å². The Labute approximate surface area is 102 Å². The van der Waals surface area contributed by atoms with Gasteiger partial charge in [0, 0.05) is 6.42 Å². The second kappa shape index (κ2) is 6.50. The summed E-state index contributed by atoms with van der Waals surface area (Å²) in [6.07, 6.45) is 0.136. The van der Waals surface area contributed by atoms with E-state index in [1.165, 1.54) is 6.07 Å². The molecule has 0 aliphatic heterocycles. The molecule has 0 aliphatic rings. The average Bonchev–Trinajstić information content (AvgIpc) is 2.29. The second-order valence-electron chi connectivity index (χ2n) is 4.57. The van der Waals surface area contributed by atoms with E-state index in [0.717, 1.165) is 0 Å². The van der Waals surface area contributed by atoms with Gasteiger partial charge in [-0.3, -0.25) is 4.79 Å². The van der Waals surface area contributed by atoms with Gasteiger partial charge < -0.3 is 4.74 Å². The van der Waals surface area contributed by atoms with Crippen LogP contribution in [-0.4, -0.2) is 18.5 Å². The minimum Gasteiger partial charge on any atom is -0.370 e. The lowest BCUT2D eigenvalue weighted by molar-refractivity contribution is -0.125. The topological polar surface area (TPSA) is 26.3 Å². The molecule has 0 heterocycles. The van der Waals surface area contributed by atoms with E-state index in [-0.39, 0.29) is 30.7 Å². The van der Waals surface area contributed by atoms with Gasteiger partial charge >= 0.3 is 0 Å². The molecule has 0 radical (unpaired) electrons. The summed E-state index contributed by atoms with van der Waals surface area (Å²) in [5.41, 5.74) is 0.429.